The van der Waals surface area contributed by atoms with E-state index in [2.05, 4.69) is 33.1 Å². The molecule has 4 heterocycles. The van der Waals surface area contributed by atoms with Crippen LogP contribution in [0.15, 0.2) is 30.5 Å². The Morgan fingerprint density at radius 1 is 1.27 bits per heavy atom. The maximum absolute atomic E-state index is 11.7. The highest BCUT2D eigenvalue weighted by molar-refractivity contribution is 5.93. The van der Waals surface area contributed by atoms with E-state index < -0.39 is 0 Å². The molecule has 1 atom stereocenters. The second-order valence-electron chi connectivity index (χ2n) is 8.14. The average Bonchev–Trinajstić information content (AvgIpc) is 3.20. The van der Waals surface area contributed by atoms with E-state index in [1.807, 2.05) is 18.2 Å². The fourth-order valence-corrected chi connectivity index (χ4v) is 4.29. The van der Waals surface area contributed by atoms with Crippen molar-refractivity contribution in [1.29, 1.82) is 0 Å². The normalized spacial score (nSPS) is 18.9. The Morgan fingerprint density at radius 2 is 2.17 bits per heavy atom. The van der Waals surface area contributed by atoms with Gasteiger partial charge in [0.1, 0.15) is 5.82 Å². The molecule has 7 heteroatoms. The summed E-state index contributed by atoms with van der Waals surface area (Å²) >= 11 is 0. The monoisotopic (exact) mass is 409 g/mol. The Morgan fingerprint density at radius 3 is 2.90 bits per heavy atom. The van der Waals surface area contributed by atoms with E-state index in [9.17, 15) is 4.79 Å². The summed E-state index contributed by atoms with van der Waals surface area (Å²) < 4.78 is 5.92. The van der Waals surface area contributed by atoms with E-state index >= 15 is 0 Å². The zero-order valence-corrected chi connectivity index (χ0v) is 17.9. The first-order chi connectivity index (χ1) is 14.6. The SMILES string of the molecule is CNC(=O)c1ccc(N2CCc3nc(OCCCN4CCC[C@@H]4C)ccc3C2)nc1. The van der Waals surface area contributed by atoms with Crippen LogP contribution < -0.4 is 15.0 Å². The van der Waals surface area contributed by atoms with Gasteiger partial charge >= 0.3 is 0 Å². The van der Waals surface area contributed by atoms with Gasteiger partial charge < -0.3 is 19.9 Å². The molecule has 2 aliphatic rings. The van der Waals surface area contributed by atoms with Crippen molar-refractivity contribution in [3.8, 4) is 5.88 Å². The fraction of sp³-hybridized carbons (Fsp3) is 0.522. The summed E-state index contributed by atoms with van der Waals surface area (Å²) in [5, 5.41) is 2.62. The molecule has 30 heavy (non-hydrogen) atoms. The third kappa shape index (κ3) is 4.73. The fourth-order valence-electron chi connectivity index (χ4n) is 4.29. The highest BCUT2D eigenvalue weighted by atomic mass is 16.5. The molecule has 0 radical (unpaired) electrons. The third-order valence-electron chi connectivity index (χ3n) is 6.11. The minimum Gasteiger partial charge on any atom is -0.478 e. The van der Waals surface area contributed by atoms with Gasteiger partial charge in [-0.1, -0.05) is 6.07 Å². The second-order valence-corrected chi connectivity index (χ2v) is 8.14. The van der Waals surface area contributed by atoms with E-state index in [-0.39, 0.29) is 5.91 Å². The largest absolute Gasteiger partial charge is 0.478 e. The number of amides is 1. The Hall–Kier alpha value is -2.67. The highest BCUT2D eigenvalue weighted by Crippen LogP contribution is 2.24. The van der Waals surface area contributed by atoms with Crippen molar-refractivity contribution < 1.29 is 9.53 Å². The van der Waals surface area contributed by atoms with Crippen LogP contribution in [0.4, 0.5) is 5.82 Å². The van der Waals surface area contributed by atoms with Crippen molar-refractivity contribution in [1.82, 2.24) is 20.2 Å². The molecule has 1 N–H and O–H groups in total. The van der Waals surface area contributed by atoms with Crippen LogP contribution in [0.3, 0.4) is 0 Å². The van der Waals surface area contributed by atoms with Crippen LogP contribution in [0.25, 0.3) is 0 Å². The molecule has 2 aromatic heterocycles. The van der Waals surface area contributed by atoms with Crippen molar-refractivity contribution in [2.24, 2.45) is 0 Å². The van der Waals surface area contributed by atoms with E-state index in [1.165, 1.54) is 24.9 Å². The zero-order valence-electron chi connectivity index (χ0n) is 17.9. The lowest BCUT2D eigenvalue weighted by atomic mass is 10.1. The first-order valence-electron chi connectivity index (χ1n) is 10.9. The number of anilines is 1. The molecule has 2 aliphatic heterocycles. The summed E-state index contributed by atoms with van der Waals surface area (Å²) in [6.45, 7) is 6.96. The number of ether oxygens (including phenoxy) is 1. The zero-order chi connectivity index (χ0) is 20.9. The lowest BCUT2D eigenvalue weighted by Crippen LogP contribution is -2.31. The van der Waals surface area contributed by atoms with Gasteiger partial charge in [-0.15, -0.1) is 0 Å². The van der Waals surface area contributed by atoms with Gasteiger partial charge in [-0.3, -0.25) is 4.79 Å². The number of hydrogen-bond donors (Lipinski definition) is 1. The van der Waals surface area contributed by atoms with Crippen molar-refractivity contribution in [3.05, 3.63) is 47.3 Å². The van der Waals surface area contributed by atoms with Crippen molar-refractivity contribution in [2.75, 3.05) is 38.2 Å². The molecular formula is C23H31N5O2. The number of likely N-dealkylation sites (tertiary alicyclic amines) is 1. The molecule has 0 spiro atoms. The number of nitrogens with zero attached hydrogens (tertiary/aromatic N) is 4. The minimum absolute atomic E-state index is 0.121. The predicted molar refractivity (Wildman–Crippen MR) is 117 cm³/mol. The van der Waals surface area contributed by atoms with Gasteiger partial charge in [0.25, 0.3) is 5.91 Å². The van der Waals surface area contributed by atoms with Gasteiger partial charge in [0.2, 0.25) is 5.88 Å². The smallest absolute Gasteiger partial charge is 0.252 e. The lowest BCUT2D eigenvalue weighted by molar-refractivity contribution is 0.0962. The minimum atomic E-state index is -0.121. The van der Waals surface area contributed by atoms with Gasteiger partial charge in [0.05, 0.1) is 17.9 Å². The molecule has 0 unspecified atom stereocenters. The summed E-state index contributed by atoms with van der Waals surface area (Å²) in [6, 6.07) is 8.52. The van der Waals surface area contributed by atoms with Crippen molar-refractivity contribution in [3.63, 3.8) is 0 Å². The Kier molecular flexibility index (Phi) is 6.47. The number of hydrogen-bond acceptors (Lipinski definition) is 6. The van der Waals surface area contributed by atoms with Gasteiger partial charge in [0.15, 0.2) is 0 Å². The first-order valence-corrected chi connectivity index (χ1v) is 10.9. The van der Waals surface area contributed by atoms with Crippen LogP contribution in [0.5, 0.6) is 5.88 Å². The van der Waals surface area contributed by atoms with Crippen molar-refractivity contribution in [2.45, 2.75) is 45.2 Å². The standard InChI is InChI=1S/C23H31N5O2/c1-17-5-3-11-27(17)12-4-14-30-22-9-7-19-16-28(13-10-20(19)26-22)21-8-6-18(15-25-21)23(29)24-2/h6-9,15,17H,3-5,10-14,16H2,1-2H3,(H,24,29)/t17-/m0/s1. The second kappa shape index (κ2) is 9.43. The van der Waals surface area contributed by atoms with Gasteiger partial charge in [-0.2, -0.15) is 0 Å². The maximum atomic E-state index is 11.7. The van der Waals surface area contributed by atoms with Crippen LogP contribution in [0.2, 0.25) is 0 Å². The molecule has 0 aromatic carbocycles. The molecule has 0 saturated carbocycles. The number of aromatic nitrogens is 2. The van der Waals surface area contributed by atoms with Crippen LogP contribution in [-0.2, 0) is 13.0 Å². The summed E-state index contributed by atoms with van der Waals surface area (Å²) in [4.78, 5) is 25.7. The number of carbonyl (C=O) groups excluding carboxylic acids is 1. The maximum Gasteiger partial charge on any atom is 0.252 e. The molecule has 7 nitrogen and oxygen atoms in total. The summed E-state index contributed by atoms with van der Waals surface area (Å²) in [7, 11) is 1.62. The summed E-state index contributed by atoms with van der Waals surface area (Å²) in [5.74, 6) is 1.49. The Bertz CT molecular complexity index is 870. The van der Waals surface area contributed by atoms with Crippen LogP contribution in [-0.4, -0.2) is 60.1 Å². The number of fused-ring (bicyclic) bond motifs is 1. The van der Waals surface area contributed by atoms with Crippen molar-refractivity contribution >= 4 is 11.7 Å². The number of pyridine rings is 2. The van der Waals surface area contributed by atoms with E-state index in [4.69, 9.17) is 9.72 Å². The molecular weight excluding hydrogens is 378 g/mol. The molecule has 4 rings (SSSR count). The van der Waals surface area contributed by atoms with E-state index in [0.717, 1.165) is 49.9 Å². The third-order valence-corrected chi connectivity index (χ3v) is 6.11. The highest BCUT2D eigenvalue weighted by Gasteiger charge is 2.21. The van der Waals surface area contributed by atoms with Gasteiger partial charge in [-0.05, 0) is 50.4 Å². The number of carbonyl (C=O) groups is 1. The molecule has 1 fully saturated rings. The molecule has 2 aromatic rings. The summed E-state index contributed by atoms with van der Waals surface area (Å²) in [5.41, 5.74) is 2.89. The van der Waals surface area contributed by atoms with Crippen LogP contribution >= 0.6 is 0 Å². The van der Waals surface area contributed by atoms with Crippen LogP contribution in [0, 0.1) is 0 Å². The molecule has 1 amide bonds. The first kappa shape index (κ1) is 20.6. The van der Waals surface area contributed by atoms with E-state index in [0.29, 0.717) is 18.2 Å². The topological polar surface area (TPSA) is 70.6 Å². The molecule has 0 aliphatic carbocycles. The number of nitrogens with one attached hydrogen (secondary N) is 1. The summed E-state index contributed by atoms with van der Waals surface area (Å²) in [6.07, 6.45) is 6.16. The van der Waals surface area contributed by atoms with Crippen LogP contribution in [0.1, 0.15) is 47.8 Å². The molecule has 160 valence electrons. The molecule has 1 saturated heterocycles. The Labute approximate surface area is 178 Å². The number of rotatable bonds is 7. The molecule has 0 bridgehead atoms. The van der Waals surface area contributed by atoms with E-state index in [1.54, 1.807) is 13.2 Å². The predicted octanol–water partition coefficient (Wildman–Crippen LogP) is 2.65. The average molecular weight is 410 g/mol. The quantitative estimate of drug-likeness (QED) is 0.709. The van der Waals surface area contributed by atoms with Gasteiger partial charge in [-0.25, -0.2) is 9.97 Å². The Balaban J connectivity index is 1.30. The lowest BCUT2D eigenvalue weighted by Gasteiger charge is -2.29. The van der Waals surface area contributed by atoms with Gasteiger partial charge in [0, 0.05) is 51.4 Å².